The molecule has 6 heteroatoms. The molecule has 2 fully saturated rings. The largest absolute Gasteiger partial charge is 0.340 e. The molecular weight excluding hydrogens is 362 g/mol. The van der Waals surface area contributed by atoms with Crippen molar-refractivity contribution < 1.29 is 4.79 Å². The molecule has 1 atom stereocenters. The lowest BCUT2D eigenvalue weighted by Gasteiger charge is -2.43. The highest BCUT2D eigenvalue weighted by Gasteiger charge is 2.33. The van der Waals surface area contributed by atoms with Gasteiger partial charge >= 0.3 is 0 Å². The fourth-order valence-electron chi connectivity index (χ4n) is 5.00. The second-order valence-electron chi connectivity index (χ2n) is 9.09. The number of para-hydroxylation sites is 2. The molecule has 0 bridgehead atoms. The number of benzene rings is 1. The summed E-state index contributed by atoms with van der Waals surface area (Å²) >= 11 is 0. The highest BCUT2D eigenvalue weighted by molar-refractivity contribution is 5.79. The third kappa shape index (κ3) is 4.64. The van der Waals surface area contributed by atoms with Crippen molar-refractivity contribution in [3.05, 3.63) is 30.1 Å². The monoisotopic (exact) mass is 397 g/mol. The fourth-order valence-corrected chi connectivity index (χ4v) is 5.00. The van der Waals surface area contributed by atoms with Crippen LogP contribution in [0, 0.1) is 5.92 Å². The Balaban J connectivity index is 1.33. The number of H-pyrrole nitrogens is 1. The molecule has 0 aliphatic carbocycles. The van der Waals surface area contributed by atoms with Gasteiger partial charge in [-0.3, -0.25) is 9.69 Å². The Kier molecular flexibility index (Phi) is 6.20. The van der Waals surface area contributed by atoms with E-state index in [1.165, 1.54) is 25.9 Å². The Bertz CT molecular complexity index is 791. The number of aromatic amines is 1. The minimum Gasteiger partial charge on any atom is -0.340 e. The summed E-state index contributed by atoms with van der Waals surface area (Å²) < 4.78 is 0. The van der Waals surface area contributed by atoms with E-state index in [4.69, 9.17) is 0 Å². The molecule has 2 aliphatic heterocycles. The summed E-state index contributed by atoms with van der Waals surface area (Å²) in [6, 6.07) is 9.29. The molecule has 2 aromatic rings. The number of carbonyl (C=O) groups is 1. The van der Waals surface area contributed by atoms with Crippen LogP contribution in [-0.4, -0.2) is 75.9 Å². The first-order chi connectivity index (χ1) is 14.0. The minimum atomic E-state index is 0.112. The number of amides is 1. The van der Waals surface area contributed by atoms with Gasteiger partial charge in [0.25, 0.3) is 0 Å². The lowest BCUT2D eigenvalue weighted by atomic mass is 9.92. The van der Waals surface area contributed by atoms with Crippen molar-refractivity contribution in [2.75, 3.05) is 33.2 Å². The van der Waals surface area contributed by atoms with E-state index >= 15 is 0 Å². The zero-order valence-electron chi connectivity index (χ0n) is 18.1. The number of fused-ring (bicyclic) bond motifs is 1. The Morgan fingerprint density at radius 2 is 1.97 bits per heavy atom. The number of imidazole rings is 1. The Morgan fingerprint density at radius 1 is 1.21 bits per heavy atom. The van der Waals surface area contributed by atoms with E-state index in [2.05, 4.69) is 33.6 Å². The van der Waals surface area contributed by atoms with Crippen LogP contribution in [0.25, 0.3) is 11.0 Å². The van der Waals surface area contributed by atoms with Crippen molar-refractivity contribution in [1.82, 2.24) is 24.7 Å². The lowest BCUT2D eigenvalue weighted by Crippen LogP contribution is -2.51. The standard InChI is InChI=1S/C23H35N5O/c1-17(2)27-13-10-19(11-14-27)28-12-6-7-18(15-28)23(29)26(3)16-22-24-20-8-4-5-9-21(20)25-22/h4-5,8-9,17-19H,6-7,10-16H2,1-3H3,(H,24,25)/t18-/m0/s1. The summed E-state index contributed by atoms with van der Waals surface area (Å²) in [5.41, 5.74) is 1.99. The highest BCUT2D eigenvalue weighted by Crippen LogP contribution is 2.26. The number of rotatable bonds is 5. The predicted molar refractivity (Wildman–Crippen MR) is 117 cm³/mol. The maximum Gasteiger partial charge on any atom is 0.227 e. The second kappa shape index (κ2) is 8.84. The molecule has 0 spiro atoms. The third-order valence-corrected chi connectivity index (χ3v) is 6.75. The number of nitrogens with one attached hydrogen (secondary N) is 1. The maximum atomic E-state index is 13.1. The molecule has 1 N–H and O–H groups in total. The molecule has 2 aliphatic rings. The molecular formula is C23H35N5O. The van der Waals surface area contributed by atoms with Crippen LogP contribution < -0.4 is 0 Å². The first-order valence-electron chi connectivity index (χ1n) is 11.2. The summed E-state index contributed by atoms with van der Waals surface area (Å²) in [7, 11) is 1.91. The Hall–Kier alpha value is -1.92. The lowest BCUT2D eigenvalue weighted by molar-refractivity contribution is -0.137. The average Bonchev–Trinajstić information content (AvgIpc) is 3.15. The van der Waals surface area contributed by atoms with Gasteiger partial charge in [0, 0.05) is 25.7 Å². The molecule has 1 aromatic heterocycles. The molecule has 2 saturated heterocycles. The number of piperidine rings is 2. The van der Waals surface area contributed by atoms with E-state index in [-0.39, 0.29) is 11.8 Å². The molecule has 6 nitrogen and oxygen atoms in total. The molecule has 29 heavy (non-hydrogen) atoms. The quantitative estimate of drug-likeness (QED) is 0.842. The second-order valence-corrected chi connectivity index (χ2v) is 9.09. The normalized spacial score (nSPS) is 22.4. The van der Waals surface area contributed by atoms with Crippen LogP contribution in [-0.2, 0) is 11.3 Å². The third-order valence-electron chi connectivity index (χ3n) is 6.75. The van der Waals surface area contributed by atoms with E-state index < -0.39 is 0 Å². The number of likely N-dealkylation sites (tertiary alicyclic amines) is 2. The zero-order chi connectivity index (χ0) is 20.4. The summed E-state index contributed by atoms with van der Waals surface area (Å²) in [6.07, 6.45) is 4.59. The van der Waals surface area contributed by atoms with E-state index in [0.29, 0.717) is 18.6 Å². The van der Waals surface area contributed by atoms with Crippen LogP contribution in [0.2, 0.25) is 0 Å². The number of aromatic nitrogens is 2. The van der Waals surface area contributed by atoms with Gasteiger partial charge in [-0.1, -0.05) is 12.1 Å². The van der Waals surface area contributed by atoms with E-state index in [1.54, 1.807) is 0 Å². The van der Waals surface area contributed by atoms with Gasteiger partial charge in [0.2, 0.25) is 5.91 Å². The molecule has 1 aromatic carbocycles. The smallest absolute Gasteiger partial charge is 0.227 e. The zero-order valence-corrected chi connectivity index (χ0v) is 18.1. The van der Waals surface area contributed by atoms with Crippen LogP contribution >= 0.6 is 0 Å². The topological polar surface area (TPSA) is 55.5 Å². The van der Waals surface area contributed by atoms with Gasteiger partial charge in [-0.25, -0.2) is 4.98 Å². The number of hydrogen-bond donors (Lipinski definition) is 1. The van der Waals surface area contributed by atoms with Crippen molar-refractivity contribution >= 4 is 16.9 Å². The SMILES string of the molecule is CC(C)N1CCC(N2CCC[C@H](C(=O)N(C)Cc3nc4ccccc4[nH]3)C2)CC1. The van der Waals surface area contributed by atoms with Crippen LogP contribution in [0.4, 0.5) is 0 Å². The summed E-state index contributed by atoms with van der Waals surface area (Å²) in [5, 5.41) is 0. The maximum absolute atomic E-state index is 13.1. The van der Waals surface area contributed by atoms with Crippen molar-refractivity contribution in [2.45, 2.75) is 58.2 Å². The fraction of sp³-hybridized carbons (Fsp3) is 0.652. The highest BCUT2D eigenvalue weighted by atomic mass is 16.2. The van der Waals surface area contributed by atoms with Gasteiger partial charge in [0.05, 0.1) is 23.5 Å². The first-order valence-corrected chi connectivity index (χ1v) is 11.2. The van der Waals surface area contributed by atoms with Crippen molar-refractivity contribution in [1.29, 1.82) is 0 Å². The van der Waals surface area contributed by atoms with Crippen molar-refractivity contribution in [3.8, 4) is 0 Å². The molecule has 1 amide bonds. The Morgan fingerprint density at radius 3 is 2.69 bits per heavy atom. The Labute approximate surface area is 174 Å². The molecule has 4 rings (SSSR count). The molecule has 0 saturated carbocycles. The van der Waals surface area contributed by atoms with Crippen LogP contribution in [0.15, 0.2) is 24.3 Å². The molecule has 0 radical (unpaired) electrons. The van der Waals surface area contributed by atoms with Crippen molar-refractivity contribution in [3.63, 3.8) is 0 Å². The predicted octanol–water partition coefficient (Wildman–Crippen LogP) is 3.11. The van der Waals surface area contributed by atoms with Crippen LogP contribution in [0.3, 0.4) is 0 Å². The van der Waals surface area contributed by atoms with Gasteiger partial charge in [-0.2, -0.15) is 0 Å². The molecule has 0 unspecified atom stereocenters. The number of carbonyl (C=O) groups excluding carboxylic acids is 1. The van der Waals surface area contributed by atoms with E-state index in [0.717, 1.165) is 42.8 Å². The van der Waals surface area contributed by atoms with Crippen LogP contribution in [0.5, 0.6) is 0 Å². The molecule has 3 heterocycles. The van der Waals surface area contributed by atoms with Crippen molar-refractivity contribution in [2.24, 2.45) is 5.92 Å². The first kappa shape index (κ1) is 20.4. The minimum absolute atomic E-state index is 0.112. The van der Waals surface area contributed by atoms with Gasteiger partial charge in [0.1, 0.15) is 5.82 Å². The van der Waals surface area contributed by atoms with E-state index in [9.17, 15) is 4.79 Å². The van der Waals surface area contributed by atoms with Gasteiger partial charge < -0.3 is 14.8 Å². The average molecular weight is 398 g/mol. The van der Waals surface area contributed by atoms with Gasteiger partial charge in [-0.05, 0) is 71.3 Å². The summed E-state index contributed by atoms with van der Waals surface area (Å²) in [6.45, 7) is 9.53. The van der Waals surface area contributed by atoms with Crippen LogP contribution in [0.1, 0.15) is 45.4 Å². The van der Waals surface area contributed by atoms with Gasteiger partial charge in [0.15, 0.2) is 0 Å². The van der Waals surface area contributed by atoms with Gasteiger partial charge in [-0.15, -0.1) is 0 Å². The van der Waals surface area contributed by atoms with E-state index in [1.807, 2.05) is 36.2 Å². The number of hydrogen-bond acceptors (Lipinski definition) is 4. The number of nitrogens with zero attached hydrogens (tertiary/aromatic N) is 4. The summed E-state index contributed by atoms with van der Waals surface area (Å²) in [5.74, 6) is 1.23. The summed E-state index contributed by atoms with van der Waals surface area (Å²) in [4.78, 5) is 28.1. The molecule has 158 valence electrons.